The maximum absolute atomic E-state index is 12.8. The van der Waals surface area contributed by atoms with Gasteiger partial charge in [-0.1, -0.05) is 23.2 Å². The number of carboxylic acids is 1. The van der Waals surface area contributed by atoms with Crippen molar-refractivity contribution in [2.75, 3.05) is 0 Å². The normalized spacial score (nSPS) is 10.2. The first-order valence-electron chi connectivity index (χ1n) is 3.01. The molecule has 0 unspecified atom stereocenters. The largest absolute Gasteiger partial charge is 0.478 e. The van der Waals surface area contributed by atoms with E-state index in [2.05, 4.69) is 0 Å². The highest BCUT2D eigenvalue weighted by atomic mass is 35.5. The fraction of sp³-hybridized carbons (Fsp3) is 0. The minimum atomic E-state index is -1.47. The molecule has 0 saturated carbocycles. The van der Waals surface area contributed by atoms with Gasteiger partial charge in [-0.05, 0) is 6.07 Å². The molecule has 0 aromatic heterocycles. The van der Waals surface area contributed by atoms with Crippen LogP contribution in [-0.4, -0.2) is 11.1 Å². The van der Waals surface area contributed by atoms with Crippen LogP contribution in [0.2, 0.25) is 10.0 Å². The molecule has 0 bridgehead atoms. The van der Waals surface area contributed by atoms with Crippen molar-refractivity contribution in [2.45, 2.75) is 0 Å². The lowest BCUT2D eigenvalue weighted by Crippen LogP contribution is -2.01. The smallest absolute Gasteiger partial charge is 0.337 e. The Morgan fingerprint density at radius 1 is 1.31 bits per heavy atom. The van der Waals surface area contributed by atoms with Gasteiger partial charge in [0, 0.05) is 0 Å². The molecule has 0 aliphatic rings. The Labute approximate surface area is 81.7 Å². The summed E-state index contributed by atoms with van der Waals surface area (Å²) >= 11 is 10.4. The second-order valence-corrected chi connectivity index (χ2v) is 2.94. The van der Waals surface area contributed by atoms with Crippen molar-refractivity contribution in [3.8, 4) is 0 Å². The number of aromatic carboxylic acids is 1. The van der Waals surface area contributed by atoms with Crippen molar-refractivity contribution in [3.63, 3.8) is 0 Å². The molecule has 1 aromatic carbocycles. The molecule has 6 heteroatoms. The van der Waals surface area contributed by atoms with Crippen LogP contribution in [0.1, 0.15) is 10.4 Å². The molecule has 0 saturated heterocycles. The van der Waals surface area contributed by atoms with Gasteiger partial charge in [-0.3, -0.25) is 0 Å². The Morgan fingerprint density at radius 3 is 2.31 bits per heavy atom. The Morgan fingerprint density at radius 2 is 1.85 bits per heavy atom. The summed E-state index contributed by atoms with van der Waals surface area (Å²) in [4.78, 5) is 10.4. The van der Waals surface area contributed by atoms with Crippen molar-refractivity contribution in [2.24, 2.45) is 0 Å². The summed E-state index contributed by atoms with van der Waals surface area (Å²) in [6.45, 7) is 0. The van der Waals surface area contributed by atoms with E-state index in [4.69, 9.17) is 28.3 Å². The molecule has 0 amide bonds. The molecule has 0 aliphatic carbocycles. The molecule has 13 heavy (non-hydrogen) atoms. The Hall–Kier alpha value is -0.870. The molecule has 1 N–H and O–H groups in total. The highest BCUT2D eigenvalue weighted by Gasteiger charge is 2.19. The van der Waals surface area contributed by atoms with E-state index in [-0.39, 0.29) is 0 Å². The first kappa shape index (κ1) is 10.2. The third-order valence-electron chi connectivity index (χ3n) is 1.33. The first-order valence-corrected chi connectivity index (χ1v) is 3.77. The van der Waals surface area contributed by atoms with Crippen LogP contribution >= 0.6 is 23.2 Å². The molecule has 1 rings (SSSR count). The first-order chi connectivity index (χ1) is 5.95. The van der Waals surface area contributed by atoms with Crippen LogP contribution in [0.5, 0.6) is 0 Å². The molecule has 0 aliphatic heterocycles. The molecule has 0 radical (unpaired) electrons. The van der Waals surface area contributed by atoms with Gasteiger partial charge in [0.05, 0.1) is 15.6 Å². The summed E-state index contributed by atoms with van der Waals surface area (Å²) in [7, 11) is 0. The van der Waals surface area contributed by atoms with E-state index in [0.29, 0.717) is 0 Å². The van der Waals surface area contributed by atoms with Crippen LogP contribution in [0.4, 0.5) is 8.78 Å². The quantitative estimate of drug-likeness (QED) is 0.591. The van der Waals surface area contributed by atoms with Crippen LogP contribution in [-0.2, 0) is 0 Å². The molecule has 0 atom stereocenters. The van der Waals surface area contributed by atoms with Gasteiger partial charge in [0.1, 0.15) is 0 Å². The second-order valence-electron chi connectivity index (χ2n) is 2.15. The molecule has 0 fully saturated rings. The zero-order chi connectivity index (χ0) is 10.2. The number of benzene rings is 1. The number of rotatable bonds is 1. The van der Waals surface area contributed by atoms with Gasteiger partial charge in [-0.2, -0.15) is 0 Å². The van der Waals surface area contributed by atoms with Gasteiger partial charge < -0.3 is 5.11 Å². The summed E-state index contributed by atoms with van der Waals surface area (Å²) in [6, 6.07) is 0.755. The highest BCUT2D eigenvalue weighted by molar-refractivity contribution is 6.35. The summed E-state index contributed by atoms with van der Waals surface area (Å²) in [6.07, 6.45) is 0. The van der Waals surface area contributed by atoms with E-state index in [0.717, 1.165) is 6.07 Å². The zero-order valence-corrected chi connectivity index (χ0v) is 7.46. The third kappa shape index (κ3) is 1.73. The van der Waals surface area contributed by atoms with E-state index in [1.807, 2.05) is 0 Å². The molecule has 70 valence electrons. The number of carboxylic acid groups (broad SMARTS) is 1. The van der Waals surface area contributed by atoms with Gasteiger partial charge in [0.25, 0.3) is 0 Å². The van der Waals surface area contributed by atoms with Crippen LogP contribution in [0.3, 0.4) is 0 Å². The van der Waals surface area contributed by atoms with Gasteiger partial charge in [0.2, 0.25) is 0 Å². The van der Waals surface area contributed by atoms with Crippen LogP contribution in [0, 0.1) is 11.6 Å². The fourth-order valence-electron chi connectivity index (χ4n) is 0.728. The summed E-state index contributed by atoms with van der Waals surface area (Å²) in [5.74, 6) is -4.27. The average molecular weight is 227 g/mol. The van der Waals surface area contributed by atoms with E-state index < -0.39 is 33.2 Å². The Bertz CT molecular complexity index is 379. The Kier molecular flexibility index (Phi) is 2.73. The number of halogens is 4. The molecular formula is C7H2Cl2F2O2. The molecule has 0 heterocycles. The lowest BCUT2D eigenvalue weighted by Gasteiger charge is -2.02. The van der Waals surface area contributed by atoms with Crippen LogP contribution in [0.15, 0.2) is 6.07 Å². The van der Waals surface area contributed by atoms with Crippen molar-refractivity contribution in [1.82, 2.24) is 0 Å². The lowest BCUT2D eigenvalue weighted by atomic mass is 10.2. The predicted octanol–water partition coefficient (Wildman–Crippen LogP) is 2.97. The molecular weight excluding hydrogens is 225 g/mol. The van der Waals surface area contributed by atoms with E-state index in [1.54, 1.807) is 0 Å². The van der Waals surface area contributed by atoms with Gasteiger partial charge in [-0.25, -0.2) is 13.6 Å². The number of hydrogen-bond acceptors (Lipinski definition) is 1. The van der Waals surface area contributed by atoms with Crippen molar-refractivity contribution >= 4 is 29.2 Å². The van der Waals surface area contributed by atoms with E-state index >= 15 is 0 Å². The van der Waals surface area contributed by atoms with Crippen LogP contribution < -0.4 is 0 Å². The molecule has 2 nitrogen and oxygen atoms in total. The summed E-state index contributed by atoms with van der Waals surface area (Å²) in [5.41, 5.74) is -0.564. The number of carbonyl (C=O) groups is 1. The molecule has 1 aromatic rings. The minimum absolute atomic E-state index is 0.564. The maximum Gasteiger partial charge on any atom is 0.337 e. The standard InChI is InChI=1S/C7H2Cl2F2O2/c8-3-1-2(7(12)13)4(9)6(11)5(3)10/h1H,(H,12,13). The van der Waals surface area contributed by atoms with Crippen molar-refractivity contribution in [1.29, 1.82) is 0 Å². The maximum atomic E-state index is 12.8. The molecule has 0 spiro atoms. The van der Waals surface area contributed by atoms with E-state index in [9.17, 15) is 13.6 Å². The SMILES string of the molecule is O=C(O)c1cc(Cl)c(F)c(F)c1Cl. The van der Waals surface area contributed by atoms with Gasteiger partial charge >= 0.3 is 5.97 Å². The predicted molar refractivity (Wildman–Crippen MR) is 43.3 cm³/mol. The van der Waals surface area contributed by atoms with Gasteiger partial charge in [0.15, 0.2) is 11.6 Å². The van der Waals surface area contributed by atoms with Crippen molar-refractivity contribution < 1.29 is 18.7 Å². The van der Waals surface area contributed by atoms with Crippen molar-refractivity contribution in [3.05, 3.63) is 33.3 Å². The summed E-state index contributed by atoms with van der Waals surface area (Å²) in [5, 5.41) is 7.08. The monoisotopic (exact) mass is 226 g/mol. The fourth-order valence-corrected chi connectivity index (χ4v) is 1.14. The minimum Gasteiger partial charge on any atom is -0.478 e. The average Bonchev–Trinajstić information content (AvgIpc) is 2.07. The highest BCUT2D eigenvalue weighted by Crippen LogP contribution is 2.28. The van der Waals surface area contributed by atoms with E-state index in [1.165, 1.54) is 0 Å². The van der Waals surface area contributed by atoms with Gasteiger partial charge in [-0.15, -0.1) is 0 Å². The lowest BCUT2D eigenvalue weighted by molar-refractivity contribution is 0.0696. The zero-order valence-electron chi connectivity index (χ0n) is 5.94. The summed E-state index contributed by atoms with van der Waals surface area (Å²) < 4.78 is 25.4. The third-order valence-corrected chi connectivity index (χ3v) is 1.98. The topological polar surface area (TPSA) is 37.3 Å². The Balaban J connectivity index is 3.50. The second kappa shape index (κ2) is 3.47. The van der Waals surface area contributed by atoms with Crippen LogP contribution in [0.25, 0.3) is 0 Å². The number of hydrogen-bond donors (Lipinski definition) is 1.